The van der Waals surface area contributed by atoms with Crippen molar-refractivity contribution < 1.29 is 4.79 Å². The van der Waals surface area contributed by atoms with Crippen molar-refractivity contribution in [3.63, 3.8) is 0 Å². The zero-order chi connectivity index (χ0) is 16.8. The molecule has 6 heteroatoms. The molecule has 3 rings (SSSR count). The Morgan fingerprint density at radius 1 is 1.25 bits per heavy atom. The summed E-state index contributed by atoms with van der Waals surface area (Å²) in [6.07, 6.45) is 2.32. The van der Waals surface area contributed by atoms with E-state index in [9.17, 15) is 4.79 Å². The van der Waals surface area contributed by atoms with E-state index in [4.69, 9.17) is 0 Å². The molecular weight excluding hydrogens is 320 g/mol. The van der Waals surface area contributed by atoms with Gasteiger partial charge < -0.3 is 10.2 Å². The lowest BCUT2D eigenvalue weighted by atomic mass is 10.2. The molecule has 2 aromatic heterocycles. The molecule has 0 spiro atoms. The fourth-order valence-electron chi connectivity index (χ4n) is 3.03. The van der Waals surface area contributed by atoms with Crippen LogP contribution in [-0.2, 0) is 11.2 Å². The Balaban J connectivity index is 1.40. The fourth-order valence-corrected chi connectivity index (χ4v) is 3.73. The second-order valence-corrected chi connectivity index (χ2v) is 7.23. The molecule has 5 nitrogen and oxygen atoms in total. The Bertz CT molecular complexity index is 624. The zero-order valence-corrected chi connectivity index (χ0v) is 14.8. The highest BCUT2D eigenvalue weighted by Crippen LogP contribution is 2.13. The van der Waals surface area contributed by atoms with E-state index in [-0.39, 0.29) is 11.9 Å². The first-order valence-electron chi connectivity index (χ1n) is 8.41. The van der Waals surface area contributed by atoms with Crippen LogP contribution in [0.5, 0.6) is 0 Å². The van der Waals surface area contributed by atoms with Gasteiger partial charge in [-0.25, -0.2) is 4.98 Å². The first-order chi connectivity index (χ1) is 11.7. The number of carbonyl (C=O) groups is 1. The molecule has 1 amide bonds. The van der Waals surface area contributed by atoms with Crippen molar-refractivity contribution in [2.75, 3.05) is 37.6 Å². The number of piperazine rings is 1. The van der Waals surface area contributed by atoms with E-state index in [1.54, 1.807) is 11.3 Å². The second kappa shape index (κ2) is 8.26. The number of nitrogens with zero attached hydrogens (tertiary/aromatic N) is 3. The predicted octanol–water partition coefficient (Wildman–Crippen LogP) is 2.01. The van der Waals surface area contributed by atoms with Gasteiger partial charge in [-0.15, -0.1) is 11.3 Å². The molecule has 0 radical (unpaired) electrons. The number of amides is 1. The highest BCUT2D eigenvalue weighted by molar-refractivity contribution is 7.10. The molecule has 1 atom stereocenters. The van der Waals surface area contributed by atoms with Crippen LogP contribution in [0, 0.1) is 0 Å². The minimum atomic E-state index is 0.108. The van der Waals surface area contributed by atoms with Gasteiger partial charge in [-0.1, -0.05) is 12.1 Å². The molecule has 1 fully saturated rings. The minimum Gasteiger partial charge on any atom is -0.354 e. The highest BCUT2D eigenvalue weighted by atomic mass is 32.1. The molecule has 0 unspecified atom stereocenters. The number of hydrogen-bond acceptors (Lipinski definition) is 5. The Kier molecular flexibility index (Phi) is 5.82. The number of carbonyl (C=O) groups excluding carboxylic acids is 1. The SMILES string of the molecule is C[C@H](CN1CCN(c2ccccn2)CC1)NC(=O)Cc1cccs1. The van der Waals surface area contributed by atoms with Crippen molar-refractivity contribution in [3.8, 4) is 0 Å². The third-order valence-corrected chi connectivity index (χ3v) is 5.08. The van der Waals surface area contributed by atoms with Crippen molar-refractivity contribution in [1.29, 1.82) is 0 Å². The van der Waals surface area contributed by atoms with E-state index in [1.165, 1.54) is 0 Å². The smallest absolute Gasteiger partial charge is 0.225 e. The molecule has 1 saturated heterocycles. The van der Waals surface area contributed by atoms with Crippen LogP contribution in [0.1, 0.15) is 11.8 Å². The number of anilines is 1. The van der Waals surface area contributed by atoms with Gasteiger partial charge in [0.1, 0.15) is 5.82 Å². The molecule has 0 saturated carbocycles. The van der Waals surface area contributed by atoms with Crippen molar-refractivity contribution >= 4 is 23.1 Å². The van der Waals surface area contributed by atoms with Gasteiger partial charge in [-0.2, -0.15) is 0 Å². The van der Waals surface area contributed by atoms with Crippen molar-refractivity contribution in [3.05, 3.63) is 46.8 Å². The van der Waals surface area contributed by atoms with Gasteiger partial charge in [0, 0.05) is 49.8 Å². The Morgan fingerprint density at radius 2 is 2.08 bits per heavy atom. The highest BCUT2D eigenvalue weighted by Gasteiger charge is 2.20. The van der Waals surface area contributed by atoms with Gasteiger partial charge in [0.2, 0.25) is 5.91 Å². The predicted molar refractivity (Wildman–Crippen MR) is 98.5 cm³/mol. The third-order valence-electron chi connectivity index (χ3n) is 4.20. The first kappa shape index (κ1) is 16.9. The first-order valence-corrected chi connectivity index (χ1v) is 9.29. The van der Waals surface area contributed by atoms with Crippen molar-refractivity contribution in [2.24, 2.45) is 0 Å². The Morgan fingerprint density at radius 3 is 2.75 bits per heavy atom. The molecule has 24 heavy (non-hydrogen) atoms. The number of hydrogen-bond donors (Lipinski definition) is 1. The normalized spacial score (nSPS) is 16.8. The maximum Gasteiger partial charge on any atom is 0.225 e. The van der Waals surface area contributed by atoms with Crippen molar-refractivity contribution in [2.45, 2.75) is 19.4 Å². The molecule has 3 heterocycles. The van der Waals surface area contributed by atoms with E-state index < -0.39 is 0 Å². The van der Waals surface area contributed by atoms with Gasteiger partial charge in [-0.3, -0.25) is 9.69 Å². The third kappa shape index (κ3) is 4.79. The molecule has 0 aliphatic carbocycles. The molecule has 1 aliphatic heterocycles. The summed E-state index contributed by atoms with van der Waals surface area (Å²) in [5.74, 6) is 1.16. The summed E-state index contributed by atoms with van der Waals surface area (Å²) >= 11 is 1.63. The van der Waals surface area contributed by atoms with Crippen LogP contribution in [-0.4, -0.2) is 54.6 Å². The maximum absolute atomic E-state index is 12.1. The van der Waals surface area contributed by atoms with E-state index in [2.05, 4.69) is 33.1 Å². The van der Waals surface area contributed by atoms with Crippen LogP contribution in [0.25, 0.3) is 0 Å². The Labute approximate surface area is 147 Å². The van der Waals surface area contributed by atoms with Crippen LogP contribution in [0.4, 0.5) is 5.82 Å². The number of pyridine rings is 1. The van der Waals surface area contributed by atoms with Gasteiger partial charge in [0.05, 0.1) is 6.42 Å². The van der Waals surface area contributed by atoms with Crippen LogP contribution < -0.4 is 10.2 Å². The Hall–Kier alpha value is -1.92. The van der Waals surface area contributed by atoms with Gasteiger partial charge in [0.15, 0.2) is 0 Å². The summed E-state index contributed by atoms with van der Waals surface area (Å²) in [6, 6.07) is 10.2. The van der Waals surface area contributed by atoms with E-state index in [0.29, 0.717) is 6.42 Å². The number of rotatable bonds is 6. The minimum absolute atomic E-state index is 0.108. The zero-order valence-electron chi connectivity index (χ0n) is 14.0. The molecule has 128 valence electrons. The lowest BCUT2D eigenvalue weighted by molar-refractivity contribution is -0.121. The lowest BCUT2D eigenvalue weighted by Crippen LogP contribution is -2.51. The van der Waals surface area contributed by atoms with Gasteiger partial charge in [-0.05, 0) is 30.5 Å². The quantitative estimate of drug-likeness (QED) is 0.871. The van der Waals surface area contributed by atoms with Crippen LogP contribution in [0.3, 0.4) is 0 Å². The van der Waals surface area contributed by atoms with Gasteiger partial charge in [0.25, 0.3) is 0 Å². The lowest BCUT2D eigenvalue weighted by Gasteiger charge is -2.36. The molecule has 1 aliphatic rings. The summed E-state index contributed by atoms with van der Waals surface area (Å²) in [5, 5.41) is 5.12. The number of nitrogens with one attached hydrogen (secondary N) is 1. The van der Waals surface area contributed by atoms with Gasteiger partial charge >= 0.3 is 0 Å². The summed E-state index contributed by atoms with van der Waals surface area (Å²) in [4.78, 5) is 22.3. The van der Waals surface area contributed by atoms with Crippen LogP contribution in [0.2, 0.25) is 0 Å². The average molecular weight is 344 g/mol. The summed E-state index contributed by atoms with van der Waals surface area (Å²) < 4.78 is 0. The average Bonchev–Trinajstić information content (AvgIpc) is 3.09. The number of aromatic nitrogens is 1. The van der Waals surface area contributed by atoms with E-state index in [1.807, 2.05) is 35.8 Å². The van der Waals surface area contributed by atoms with Crippen LogP contribution >= 0.6 is 11.3 Å². The van der Waals surface area contributed by atoms with E-state index in [0.717, 1.165) is 43.4 Å². The maximum atomic E-state index is 12.1. The second-order valence-electron chi connectivity index (χ2n) is 6.20. The number of thiophene rings is 1. The topological polar surface area (TPSA) is 48.5 Å². The summed E-state index contributed by atoms with van der Waals surface area (Å²) in [7, 11) is 0. The summed E-state index contributed by atoms with van der Waals surface area (Å²) in [6.45, 7) is 6.94. The van der Waals surface area contributed by atoms with E-state index >= 15 is 0 Å². The largest absolute Gasteiger partial charge is 0.354 e. The van der Waals surface area contributed by atoms with Crippen molar-refractivity contribution in [1.82, 2.24) is 15.2 Å². The molecule has 2 aromatic rings. The van der Waals surface area contributed by atoms with Crippen LogP contribution in [0.15, 0.2) is 41.9 Å². The monoisotopic (exact) mass is 344 g/mol. The molecule has 0 bridgehead atoms. The molecular formula is C18H24N4OS. The summed E-state index contributed by atoms with van der Waals surface area (Å²) in [5.41, 5.74) is 0. The standard InChI is InChI=1S/C18H24N4OS/c1-15(20-18(23)13-16-5-4-12-24-16)14-21-8-10-22(11-9-21)17-6-2-3-7-19-17/h2-7,12,15H,8-11,13-14H2,1H3,(H,20,23)/t15-/m1/s1. The fraction of sp³-hybridized carbons (Fsp3) is 0.444. The molecule has 0 aromatic carbocycles. The molecule has 1 N–H and O–H groups in total.